The average molecular weight is 389 g/mol. The lowest BCUT2D eigenvalue weighted by Crippen LogP contribution is -2.13. The molecule has 0 atom stereocenters. The van der Waals surface area contributed by atoms with Crippen LogP contribution in [0.1, 0.15) is 38.2 Å². The summed E-state index contributed by atoms with van der Waals surface area (Å²) in [5.41, 5.74) is 6.75. The van der Waals surface area contributed by atoms with E-state index in [0.29, 0.717) is 17.9 Å². The third-order valence-electron chi connectivity index (χ3n) is 5.00. The summed E-state index contributed by atoms with van der Waals surface area (Å²) in [5.74, 6) is 1.37. The molecule has 4 nitrogen and oxygen atoms in total. The van der Waals surface area contributed by atoms with Crippen molar-refractivity contribution in [2.45, 2.75) is 34.3 Å². The molecule has 3 rings (SSSR count). The Hall–Kier alpha value is -3.27. The molecule has 0 fully saturated rings. The number of carbonyl (C=O) groups is 1. The van der Waals surface area contributed by atoms with Gasteiger partial charge in [-0.15, -0.1) is 0 Å². The van der Waals surface area contributed by atoms with Gasteiger partial charge in [-0.05, 0) is 80.8 Å². The summed E-state index contributed by atoms with van der Waals surface area (Å²) >= 11 is 0. The van der Waals surface area contributed by atoms with Crippen molar-refractivity contribution in [2.75, 3.05) is 12.4 Å². The molecule has 3 aromatic rings. The molecule has 4 heteroatoms. The molecule has 0 radical (unpaired) electrons. The standard InChI is InChI=1S/C25H27NO3/c1-16-6-9-22(10-7-16)26-25(27)20-8-11-23(28-5)21(14-20)15-29-24-13-17(2)12-18(3)19(24)4/h6-14H,15H2,1-5H3,(H,26,27). The van der Waals surface area contributed by atoms with Crippen LogP contribution in [0.4, 0.5) is 5.69 Å². The molecule has 0 unspecified atom stereocenters. The lowest BCUT2D eigenvalue weighted by molar-refractivity contribution is 0.102. The van der Waals surface area contributed by atoms with Crippen LogP contribution < -0.4 is 14.8 Å². The molecule has 0 heterocycles. The number of nitrogens with one attached hydrogen (secondary N) is 1. The van der Waals surface area contributed by atoms with Crippen LogP contribution >= 0.6 is 0 Å². The number of carbonyl (C=O) groups excluding carboxylic acids is 1. The van der Waals surface area contributed by atoms with Crippen molar-refractivity contribution in [1.82, 2.24) is 0 Å². The first-order valence-electron chi connectivity index (χ1n) is 9.63. The number of anilines is 1. The fourth-order valence-electron chi connectivity index (χ4n) is 3.18. The number of amides is 1. The minimum atomic E-state index is -0.166. The first-order valence-corrected chi connectivity index (χ1v) is 9.63. The molecule has 0 bridgehead atoms. The lowest BCUT2D eigenvalue weighted by Gasteiger charge is -2.15. The molecule has 0 aromatic heterocycles. The van der Waals surface area contributed by atoms with Gasteiger partial charge in [0, 0.05) is 16.8 Å². The van der Waals surface area contributed by atoms with E-state index < -0.39 is 0 Å². The minimum absolute atomic E-state index is 0.166. The Morgan fingerprint density at radius 1 is 0.862 bits per heavy atom. The number of rotatable bonds is 6. The van der Waals surface area contributed by atoms with Gasteiger partial charge in [-0.2, -0.15) is 0 Å². The summed E-state index contributed by atoms with van der Waals surface area (Å²) in [4.78, 5) is 12.7. The summed E-state index contributed by atoms with van der Waals surface area (Å²) < 4.78 is 11.5. The topological polar surface area (TPSA) is 47.6 Å². The second kappa shape index (κ2) is 8.82. The van der Waals surface area contributed by atoms with Crippen molar-refractivity contribution in [1.29, 1.82) is 0 Å². The third kappa shape index (κ3) is 4.96. The van der Waals surface area contributed by atoms with Gasteiger partial charge >= 0.3 is 0 Å². The number of benzene rings is 3. The zero-order valence-electron chi connectivity index (χ0n) is 17.6. The van der Waals surface area contributed by atoms with Gasteiger partial charge in [0.05, 0.1) is 7.11 Å². The first kappa shape index (κ1) is 20.5. The van der Waals surface area contributed by atoms with Gasteiger partial charge < -0.3 is 14.8 Å². The molecule has 1 N–H and O–H groups in total. The zero-order valence-corrected chi connectivity index (χ0v) is 17.6. The van der Waals surface area contributed by atoms with Crippen LogP contribution in [0.2, 0.25) is 0 Å². The summed E-state index contributed by atoms with van der Waals surface area (Å²) in [6.45, 7) is 8.51. The largest absolute Gasteiger partial charge is 0.496 e. The molecule has 1 amide bonds. The van der Waals surface area contributed by atoms with E-state index in [-0.39, 0.29) is 5.91 Å². The highest BCUT2D eigenvalue weighted by Crippen LogP contribution is 2.27. The Kier molecular flexibility index (Phi) is 6.23. The van der Waals surface area contributed by atoms with Crippen LogP contribution in [0.5, 0.6) is 11.5 Å². The molecule has 3 aromatic carbocycles. The Balaban J connectivity index is 1.80. The number of ether oxygens (including phenoxy) is 2. The molecule has 0 aliphatic carbocycles. The SMILES string of the molecule is COc1ccc(C(=O)Nc2ccc(C)cc2)cc1COc1cc(C)cc(C)c1C. The molecule has 0 saturated carbocycles. The summed E-state index contributed by atoms with van der Waals surface area (Å²) in [7, 11) is 1.62. The molecule has 0 aliphatic heterocycles. The normalized spacial score (nSPS) is 10.5. The Bertz CT molecular complexity index is 1020. The predicted molar refractivity (Wildman–Crippen MR) is 117 cm³/mol. The van der Waals surface area contributed by atoms with Gasteiger partial charge in [-0.25, -0.2) is 0 Å². The van der Waals surface area contributed by atoms with E-state index in [4.69, 9.17) is 9.47 Å². The van der Waals surface area contributed by atoms with Crippen molar-refractivity contribution in [3.05, 3.63) is 88.0 Å². The summed E-state index contributed by atoms with van der Waals surface area (Å²) in [6.07, 6.45) is 0. The van der Waals surface area contributed by atoms with Crippen molar-refractivity contribution < 1.29 is 14.3 Å². The quantitative estimate of drug-likeness (QED) is 0.583. The number of aryl methyl sites for hydroxylation is 3. The minimum Gasteiger partial charge on any atom is -0.496 e. The smallest absolute Gasteiger partial charge is 0.255 e. The van der Waals surface area contributed by atoms with Crippen LogP contribution in [0.15, 0.2) is 54.6 Å². The van der Waals surface area contributed by atoms with Crippen molar-refractivity contribution >= 4 is 11.6 Å². The van der Waals surface area contributed by atoms with Crippen LogP contribution in [0.25, 0.3) is 0 Å². The van der Waals surface area contributed by atoms with Gasteiger partial charge in [0.15, 0.2) is 0 Å². The van der Waals surface area contributed by atoms with E-state index in [1.165, 1.54) is 5.56 Å². The molecule has 150 valence electrons. The number of hydrogen-bond acceptors (Lipinski definition) is 3. The van der Waals surface area contributed by atoms with Gasteiger partial charge in [-0.1, -0.05) is 23.8 Å². The maximum absolute atomic E-state index is 12.7. The van der Waals surface area contributed by atoms with Crippen molar-refractivity contribution in [3.8, 4) is 11.5 Å². The fourth-order valence-corrected chi connectivity index (χ4v) is 3.18. The van der Waals surface area contributed by atoms with E-state index in [9.17, 15) is 4.79 Å². The van der Waals surface area contributed by atoms with E-state index in [1.807, 2.05) is 50.2 Å². The molecular weight excluding hydrogens is 362 g/mol. The number of hydrogen-bond donors (Lipinski definition) is 1. The van der Waals surface area contributed by atoms with Crippen LogP contribution in [0, 0.1) is 27.7 Å². The third-order valence-corrected chi connectivity index (χ3v) is 5.00. The van der Waals surface area contributed by atoms with Crippen molar-refractivity contribution in [2.24, 2.45) is 0 Å². The van der Waals surface area contributed by atoms with E-state index in [0.717, 1.165) is 33.7 Å². The highest BCUT2D eigenvalue weighted by Gasteiger charge is 2.12. The predicted octanol–water partition coefficient (Wildman–Crippen LogP) is 5.76. The highest BCUT2D eigenvalue weighted by molar-refractivity contribution is 6.04. The van der Waals surface area contributed by atoms with Crippen LogP contribution in [-0.2, 0) is 6.61 Å². The maximum Gasteiger partial charge on any atom is 0.255 e. The molecule has 29 heavy (non-hydrogen) atoms. The van der Waals surface area contributed by atoms with E-state index in [1.54, 1.807) is 19.2 Å². The summed E-state index contributed by atoms with van der Waals surface area (Å²) in [5, 5.41) is 2.93. The fraction of sp³-hybridized carbons (Fsp3) is 0.240. The Morgan fingerprint density at radius 2 is 1.59 bits per heavy atom. The van der Waals surface area contributed by atoms with Crippen LogP contribution in [0.3, 0.4) is 0 Å². The molecule has 0 aliphatic rings. The Morgan fingerprint density at radius 3 is 2.28 bits per heavy atom. The van der Waals surface area contributed by atoms with Gasteiger partial charge in [0.2, 0.25) is 0 Å². The average Bonchev–Trinajstić information content (AvgIpc) is 2.71. The second-order valence-corrected chi connectivity index (χ2v) is 7.34. The van der Waals surface area contributed by atoms with Gasteiger partial charge in [-0.3, -0.25) is 4.79 Å². The van der Waals surface area contributed by atoms with Gasteiger partial charge in [0.25, 0.3) is 5.91 Å². The zero-order chi connectivity index (χ0) is 21.0. The monoisotopic (exact) mass is 389 g/mol. The highest BCUT2D eigenvalue weighted by atomic mass is 16.5. The van der Waals surface area contributed by atoms with E-state index in [2.05, 4.69) is 25.2 Å². The lowest BCUT2D eigenvalue weighted by atomic mass is 10.1. The molecule has 0 spiro atoms. The second-order valence-electron chi connectivity index (χ2n) is 7.34. The van der Waals surface area contributed by atoms with E-state index >= 15 is 0 Å². The maximum atomic E-state index is 12.7. The van der Waals surface area contributed by atoms with Crippen molar-refractivity contribution in [3.63, 3.8) is 0 Å². The molecular formula is C25H27NO3. The van der Waals surface area contributed by atoms with Crippen LogP contribution in [-0.4, -0.2) is 13.0 Å². The number of methoxy groups -OCH3 is 1. The Labute approximate surface area is 172 Å². The van der Waals surface area contributed by atoms with Gasteiger partial charge in [0.1, 0.15) is 18.1 Å². The first-order chi connectivity index (χ1) is 13.9. The summed E-state index contributed by atoms with van der Waals surface area (Å²) in [6, 6.07) is 17.3. The molecule has 0 saturated heterocycles.